The zero-order valence-electron chi connectivity index (χ0n) is 10.3. The lowest BCUT2D eigenvalue weighted by Gasteiger charge is -2.43. The molecule has 0 heterocycles. The first-order valence-electron chi connectivity index (χ1n) is 6.28. The number of carbonyl (C=O) groups is 1. The lowest BCUT2D eigenvalue weighted by Crippen LogP contribution is -2.53. The van der Waals surface area contributed by atoms with Crippen molar-refractivity contribution >= 4 is 5.78 Å². The fraction of sp³-hybridized carbons (Fsp3) is 0.923. The Morgan fingerprint density at radius 3 is 2.07 bits per heavy atom. The van der Waals surface area contributed by atoms with Crippen LogP contribution in [0.5, 0.6) is 0 Å². The number of likely N-dealkylation sites (N-methyl/N-ethyl adjacent to an activating group) is 1. The van der Waals surface area contributed by atoms with Crippen molar-refractivity contribution in [1.29, 1.82) is 0 Å². The summed E-state index contributed by atoms with van der Waals surface area (Å²) in [5.74, 6) is 1.75. The molecule has 2 saturated carbocycles. The highest BCUT2D eigenvalue weighted by Gasteiger charge is 2.48. The smallest absolute Gasteiger partial charge is 0.156 e. The topological polar surface area (TPSA) is 20.3 Å². The van der Waals surface area contributed by atoms with Crippen LogP contribution < -0.4 is 0 Å². The van der Waals surface area contributed by atoms with Gasteiger partial charge in [-0.3, -0.25) is 9.69 Å². The van der Waals surface area contributed by atoms with Crippen LogP contribution in [0.4, 0.5) is 0 Å². The number of hydrogen-bond acceptors (Lipinski definition) is 2. The third kappa shape index (κ3) is 1.96. The summed E-state index contributed by atoms with van der Waals surface area (Å²) in [6.07, 6.45) is 6.88. The Bertz CT molecular complexity index is 247. The molecule has 2 heteroatoms. The van der Waals surface area contributed by atoms with Crippen molar-refractivity contribution in [2.75, 3.05) is 14.1 Å². The summed E-state index contributed by atoms with van der Waals surface area (Å²) in [5, 5.41) is 0. The summed E-state index contributed by atoms with van der Waals surface area (Å²) in [6, 6.07) is 0. The van der Waals surface area contributed by atoms with E-state index in [1.165, 1.54) is 12.8 Å². The zero-order chi connectivity index (χ0) is 11.1. The van der Waals surface area contributed by atoms with Gasteiger partial charge in [0.05, 0.1) is 5.54 Å². The van der Waals surface area contributed by atoms with E-state index in [1.807, 2.05) is 0 Å². The quantitative estimate of drug-likeness (QED) is 0.711. The molecule has 0 N–H and O–H groups in total. The van der Waals surface area contributed by atoms with E-state index in [0.717, 1.165) is 31.6 Å². The van der Waals surface area contributed by atoms with Crippen LogP contribution in [0.1, 0.15) is 45.4 Å². The summed E-state index contributed by atoms with van der Waals surface area (Å²) in [7, 11) is 4.16. The Labute approximate surface area is 93.0 Å². The molecule has 0 aromatic carbocycles. The number of carbonyl (C=O) groups excluding carboxylic acids is 1. The first-order chi connectivity index (χ1) is 7.06. The maximum atomic E-state index is 12.4. The summed E-state index contributed by atoms with van der Waals surface area (Å²) in [5.41, 5.74) is -0.103. The average molecular weight is 209 g/mol. The van der Waals surface area contributed by atoms with Gasteiger partial charge in [-0.05, 0) is 58.5 Å². The minimum atomic E-state index is -0.103. The third-order valence-corrected chi connectivity index (χ3v) is 4.36. The van der Waals surface area contributed by atoms with Gasteiger partial charge in [-0.15, -0.1) is 0 Å². The van der Waals surface area contributed by atoms with Gasteiger partial charge in [0.1, 0.15) is 0 Å². The molecule has 15 heavy (non-hydrogen) atoms. The molecule has 0 bridgehead atoms. The maximum Gasteiger partial charge on any atom is 0.156 e. The van der Waals surface area contributed by atoms with E-state index in [2.05, 4.69) is 25.9 Å². The second-order valence-electron chi connectivity index (χ2n) is 5.75. The highest BCUT2D eigenvalue weighted by Crippen LogP contribution is 2.43. The summed E-state index contributed by atoms with van der Waals surface area (Å²) < 4.78 is 0. The van der Waals surface area contributed by atoms with Crippen LogP contribution in [0.2, 0.25) is 0 Å². The van der Waals surface area contributed by atoms with Gasteiger partial charge in [0, 0.05) is 5.92 Å². The van der Waals surface area contributed by atoms with Crippen molar-refractivity contribution in [2.24, 2.45) is 11.8 Å². The van der Waals surface area contributed by atoms with Crippen LogP contribution in [0.3, 0.4) is 0 Å². The lowest BCUT2D eigenvalue weighted by atomic mass is 9.73. The van der Waals surface area contributed by atoms with Gasteiger partial charge in [0.15, 0.2) is 5.78 Å². The molecule has 0 radical (unpaired) electrons. The minimum absolute atomic E-state index is 0.103. The molecular weight excluding hydrogens is 186 g/mol. The van der Waals surface area contributed by atoms with Crippen LogP contribution in [0, 0.1) is 11.8 Å². The molecule has 2 nitrogen and oxygen atoms in total. The zero-order valence-corrected chi connectivity index (χ0v) is 10.3. The molecule has 0 amide bonds. The third-order valence-electron chi connectivity index (χ3n) is 4.36. The summed E-state index contributed by atoms with van der Waals surface area (Å²) >= 11 is 0. The van der Waals surface area contributed by atoms with Gasteiger partial charge in [-0.25, -0.2) is 0 Å². The maximum absolute atomic E-state index is 12.4. The Morgan fingerprint density at radius 1 is 1.13 bits per heavy atom. The van der Waals surface area contributed by atoms with E-state index >= 15 is 0 Å². The molecule has 0 spiro atoms. The molecule has 0 atom stereocenters. The molecule has 2 rings (SSSR count). The van der Waals surface area contributed by atoms with E-state index < -0.39 is 0 Å². The van der Waals surface area contributed by atoms with Gasteiger partial charge >= 0.3 is 0 Å². The van der Waals surface area contributed by atoms with Crippen molar-refractivity contribution < 1.29 is 4.79 Å². The largest absolute Gasteiger partial charge is 0.297 e. The first-order valence-corrected chi connectivity index (χ1v) is 6.28. The molecule has 0 aromatic rings. The van der Waals surface area contributed by atoms with Gasteiger partial charge < -0.3 is 0 Å². The fourth-order valence-corrected chi connectivity index (χ4v) is 2.88. The number of nitrogens with zero attached hydrogens (tertiary/aromatic N) is 1. The Morgan fingerprint density at radius 2 is 1.67 bits per heavy atom. The normalized spacial score (nSPS) is 36.9. The Hall–Kier alpha value is -0.370. The lowest BCUT2D eigenvalue weighted by molar-refractivity contribution is -0.133. The molecule has 0 aromatic heterocycles. The predicted octanol–water partition coefficient (Wildman–Crippen LogP) is 2.48. The molecule has 0 aliphatic heterocycles. The molecular formula is C13H23NO. The van der Waals surface area contributed by atoms with E-state index in [-0.39, 0.29) is 5.54 Å². The fourth-order valence-electron chi connectivity index (χ4n) is 2.88. The highest BCUT2D eigenvalue weighted by atomic mass is 16.1. The standard InChI is InChI=1S/C13H23NO/c1-10-6-8-13(9-7-10,14(2)3)12(15)11-4-5-11/h10-11H,4-9H2,1-3H3. The molecule has 2 aliphatic carbocycles. The van der Waals surface area contributed by atoms with Crippen LogP contribution in [-0.2, 0) is 4.79 Å². The number of ketones is 1. The number of rotatable bonds is 3. The van der Waals surface area contributed by atoms with Gasteiger partial charge in [0.2, 0.25) is 0 Å². The van der Waals surface area contributed by atoms with Gasteiger partial charge in [0.25, 0.3) is 0 Å². The highest BCUT2D eigenvalue weighted by molar-refractivity contribution is 5.92. The first kappa shape index (κ1) is 11.1. The second-order valence-corrected chi connectivity index (χ2v) is 5.75. The molecule has 0 unspecified atom stereocenters. The van der Waals surface area contributed by atoms with E-state index in [4.69, 9.17) is 0 Å². The SMILES string of the molecule is CC1CCC(C(=O)C2CC2)(N(C)C)CC1. The predicted molar refractivity (Wildman–Crippen MR) is 61.8 cm³/mol. The van der Waals surface area contributed by atoms with Crippen molar-refractivity contribution in [3.05, 3.63) is 0 Å². The summed E-state index contributed by atoms with van der Waals surface area (Å²) in [6.45, 7) is 2.31. The van der Waals surface area contributed by atoms with Gasteiger partial charge in [-0.2, -0.15) is 0 Å². The second kappa shape index (κ2) is 3.89. The van der Waals surface area contributed by atoms with Crippen LogP contribution in [0.15, 0.2) is 0 Å². The van der Waals surface area contributed by atoms with E-state index in [0.29, 0.717) is 11.7 Å². The molecule has 2 fully saturated rings. The van der Waals surface area contributed by atoms with Crippen molar-refractivity contribution in [1.82, 2.24) is 4.90 Å². The van der Waals surface area contributed by atoms with Crippen LogP contribution in [-0.4, -0.2) is 30.3 Å². The van der Waals surface area contributed by atoms with Gasteiger partial charge in [-0.1, -0.05) is 6.92 Å². The average Bonchev–Trinajstić information content (AvgIpc) is 3.01. The Balaban J connectivity index is 2.13. The molecule has 2 aliphatic rings. The van der Waals surface area contributed by atoms with Crippen molar-refractivity contribution in [3.8, 4) is 0 Å². The Kier molecular flexibility index (Phi) is 2.89. The number of Topliss-reactive ketones (excluding diaryl/α,β-unsaturated/α-hetero) is 1. The van der Waals surface area contributed by atoms with Crippen LogP contribution >= 0.6 is 0 Å². The summed E-state index contributed by atoms with van der Waals surface area (Å²) in [4.78, 5) is 14.6. The molecule has 86 valence electrons. The van der Waals surface area contributed by atoms with Crippen molar-refractivity contribution in [3.63, 3.8) is 0 Å². The van der Waals surface area contributed by atoms with E-state index in [9.17, 15) is 4.79 Å². The van der Waals surface area contributed by atoms with Crippen LogP contribution in [0.25, 0.3) is 0 Å². The minimum Gasteiger partial charge on any atom is -0.297 e. The van der Waals surface area contributed by atoms with Crippen molar-refractivity contribution in [2.45, 2.75) is 51.0 Å². The number of hydrogen-bond donors (Lipinski definition) is 0. The molecule has 0 saturated heterocycles. The van der Waals surface area contributed by atoms with E-state index in [1.54, 1.807) is 0 Å². The monoisotopic (exact) mass is 209 g/mol.